The summed E-state index contributed by atoms with van der Waals surface area (Å²) in [6.07, 6.45) is 3.95. The van der Waals surface area contributed by atoms with Crippen LogP contribution in [0.25, 0.3) is 0 Å². The van der Waals surface area contributed by atoms with E-state index in [9.17, 15) is 0 Å². The van der Waals surface area contributed by atoms with Crippen LogP contribution in [0.3, 0.4) is 0 Å². The molecule has 126 valence electrons. The molecule has 4 nitrogen and oxygen atoms in total. The first kappa shape index (κ1) is 16.2. The van der Waals surface area contributed by atoms with E-state index in [0.717, 1.165) is 28.6 Å². The predicted molar refractivity (Wildman–Crippen MR) is 93.4 cm³/mol. The van der Waals surface area contributed by atoms with Gasteiger partial charge in [-0.1, -0.05) is 31.2 Å². The molecular formula is C20H22O4. The molecule has 0 saturated heterocycles. The first-order valence-electron chi connectivity index (χ1n) is 8.04. The second-order valence-corrected chi connectivity index (χ2v) is 5.62. The molecule has 0 radical (unpaired) electrons. The van der Waals surface area contributed by atoms with Crippen LogP contribution in [0.5, 0.6) is 23.0 Å². The molecule has 1 aliphatic rings. The Balaban J connectivity index is 1.94. The van der Waals surface area contributed by atoms with E-state index in [4.69, 9.17) is 18.9 Å². The highest BCUT2D eigenvalue weighted by Crippen LogP contribution is 2.42. The van der Waals surface area contributed by atoms with Crippen LogP contribution in [0, 0.1) is 0 Å². The number of methoxy groups -OCH3 is 1. The molecule has 1 aliphatic heterocycles. The minimum absolute atomic E-state index is 0.158. The Bertz CT molecular complexity index is 719. The van der Waals surface area contributed by atoms with Crippen LogP contribution in [0.1, 0.15) is 30.9 Å². The van der Waals surface area contributed by atoms with Gasteiger partial charge in [-0.25, -0.2) is 0 Å². The van der Waals surface area contributed by atoms with E-state index < -0.39 is 0 Å². The highest BCUT2D eigenvalue weighted by Gasteiger charge is 2.22. The summed E-state index contributed by atoms with van der Waals surface area (Å²) in [5.41, 5.74) is 2.26. The Morgan fingerprint density at radius 3 is 2.50 bits per heavy atom. The zero-order valence-electron chi connectivity index (χ0n) is 14.2. The number of hydrogen-bond acceptors (Lipinski definition) is 4. The van der Waals surface area contributed by atoms with Crippen molar-refractivity contribution in [1.82, 2.24) is 0 Å². The second-order valence-electron chi connectivity index (χ2n) is 5.62. The van der Waals surface area contributed by atoms with Gasteiger partial charge in [0.1, 0.15) is 18.1 Å². The zero-order valence-corrected chi connectivity index (χ0v) is 14.2. The molecule has 0 bridgehead atoms. The lowest BCUT2D eigenvalue weighted by Crippen LogP contribution is -2.02. The summed E-state index contributed by atoms with van der Waals surface area (Å²) in [5.74, 6) is 3.33. The highest BCUT2D eigenvalue weighted by molar-refractivity contribution is 5.54. The number of fused-ring (bicyclic) bond motifs is 1. The largest absolute Gasteiger partial charge is 0.497 e. The fraction of sp³-hybridized carbons (Fsp3) is 0.300. The molecule has 0 saturated carbocycles. The van der Waals surface area contributed by atoms with E-state index in [1.807, 2.05) is 43.3 Å². The Kier molecular flexibility index (Phi) is 4.94. The van der Waals surface area contributed by atoms with E-state index in [-0.39, 0.29) is 12.7 Å². The molecule has 4 heteroatoms. The molecule has 0 unspecified atom stereocenters. The highest BCUT2D eigenvalue weighted by atomic mass is 16.7. The average molecular weight is 326 g/mol. The van der Waals surface area contributed by atoms with Crippen LogP contribution in [-0.4, -0.2) is 20.5 Å². The van der Waals surface area contributed by atoms with Crippen LogP contribution >= 0.6 is 0 Å². The summed E-state index contributed by atoms with van der Waals surface area (Å²) in [5, 5.41) is 0. The summed E-state index contributed by atoms with van der Waals surface area (Å²) >= 11 is 0. The molecule has 3 rings (SSSR count). The van der Waals surface area contributed by atoms with Gasteiger partial charge in [0.25, 0.3) is 0 Å². The normalized spacial score (nSPS) is 14.0. The van der Waals surface area contributed by atoms with Crippen molar-refractivity contribution in [2.45, 2.75) is 19.8 Å². The molecule has 1 heterocycles. The molecular weight excluding hydrogens is 304 g/mol. The van der Waals surface area contributed by atoms with Gasteiger partial charge in [-0.3, -0.25) is 0 Å². The Hall–Kier alpha value is -2.62. The lowest BCUT2D eigenvalue weighted by atomic mass is 9.92. The number of rotatable bonds is 6. The van der Waals surface area contributed by atoms with Gasteiger partial charge >= 0.3 is 0 Å². The predicted octanol–water partition coefficient (Wildman–Crippen LogP) is 4.53. The van der Waals surface area contributed by atoms with Crippen LogP contribution < -0.4 is 18.9 Å². The third-order valence-electron chi connectivity index (χ3n) is 4.16. The molecule has 0 aliphatic carbocycles. The van der Waals surface area contributed by atoms with Gasteiger partial charge in [-0.15, -0.1) is 0 Å². The minimum Gasteiger partial charge on any atom is -0.497 e. The van der Waals surface area contributed by atoms with Crippen molar-refractivity contribution in [2.75, 3.05) is 20.5 Å². The topological polar surface area (TPSA) is 36.9 Å². The summed E-state index contributed by atoms with van der Waals surface area (Å²) in [4.78, 5) is 0. The standard InChI is InChI=1S/C20H22O4/c1-4-5-10-22-18-12-20-19(23-13-24-20)11-17(18)14(2)15-6-8-16(21-3)9-7-15/h4-9,11-12,14H,10,13H2,1-3H3/b5-4-/t14-/m0/s1. The fourth-order valence-corrected chi connectivity index (χ4v) is 2.71. The number of hydrogen-bond donors (Lipinski definition) is 0. The quantitative estimate of drug-likeness (QED) is 0.731. The molecule has 0 N–H and O–H groups in total. The van der Waals surface area contributed by atoms with Crippen molar-refractivity contribution in [3.8, 4) is 23.0 Å². The molecule has 0 aromatic heterocycles. The summed E-state index contributed by atoms with van der Waals surface area (Å²) < 4.78 is 22.2. The average Bonchev–Trinajstić information content (AvgIpc) is 3.08. The van der Waals surface area contributed by atoms with E-state index in [2.05, 4.69) is 19.1 Å². The van der Waals surface area contributed by atoms with Gasteiger partial charge in [0.15, 0.2) is 11.5 Å². The smallest absolute Gasteiger partial charge is 0.231 e. The van der Waals surface area contributed by atoms with Crippen molar-refractivity contribution < 1.29 is 18.9 Å². The van der Waals surface area contributed by atoms with Gasteiger partial charge in [-0.2, -0.15) is 0 Å². The van der Waals surface area contributed by atoms with E-state index in [0.29, 0.717) is 6.61 Å². The maximum Gasteiger partial charge on any atom is 0.231 e. The van der Waals surface area contributed by atoms with Gasteiger partial charge in [0.2, 0.25) is 6.79 Å². The third kappa shape index (κ3) is 3.32. The molecule has 2 aromatic carbocycles. The van der Waals surface area contributed by atoms with E-state index in [1.165, 1.54) is 5.56 Å². The molecule has 1 atom stereocenters. The van der Waals surface area contributed by atoms with Gasteiger partial charge < -0.3 is 18.9 Å². The lowest BCUT2D eigenvalue weighted by molar-refractivity contribution is 0.174. The maximum absolute atomic E-state index is 5.94. The molecule has 24 heavy (non-hydrogen) atoms. The van der Waals surface area contributed by atoms with Crippen LogP contribution in [0.2, 0.25) is 0 Å². The van der Waals surface area contributed by atoms with Crippen LogP contribution in [-0.2, 0) is 0 Å². The van der Waals surface area contributed by atoms with E-state index in [1.54, 1.807) is 7.11 Å². The Labute approximate surface area is 142 Å². The Morgan fingerprint density at radius 2 is 1.83 bits per heavy atom. The van der Waals surface area contributed by atoms with E-state index >= 15 is 0 Å². The Morgan fingerprint density at radius 1 is 1.12 bits per heavy atom. The summed E-state index contributed by atoms with van der Waals surface area (Å²) in [6, 6.07) is 12.0. The molecule has 0 fully saturated rings. The first-order chi connectivity index (χ1) is 11.7. The van der Waals surface area contributed by atoms with Gasteiger partial charge in [-0.05, 0) is 30.7 Å². The monoisotopic (exact) mass is 326 g/mol. The molecule has 2 aromatic rings. The van der Waals surface area contributed by atoms with Gasteiger partial charge in [0, 0.05) is 17.5 Å². The van der Waals surface area contributed by atoms with Crippen molar-refractivity contribution in [1.29, 1.82) is 0 Å². The lowest BCUT2D eigenvalue weighted by Gasteiger charge is -2.18. The third-order valence-corrected chi connectivity index (χ3v) is 4.16. The summed E-state index contributed by atoms with van der Waals surface area (Å²) in [7, 11) is 1.67. The summed E-state index contributed by atoms with van der Waals surface area (Å²) in [6.45, 7) is 4.91. The minimum atomic E-state index is 0.158. The fourth-order valence-electron chi connectivity index (χ4n) is 2.71. The maximum atomic E-state index is 5.94. The molecule has 0 amide bonds. The van der Waals surface area contributed by atoms with Gasteiger partial charge in [0.05, 0.1) is 7.11 Å². The molecule has 0 spiro atoms. The SMILES string of the molecule is C/C=C\COc1cc2c(cc1[C@@H](C)c1ccc(OC)cc1)OCO2. The zero-order chi connectivity index (χ0) is 16.9. The number of benzene rings is 2. The van der Waals surface area contributed by atoms with Crippen molar-refractivity contribution in [3.05, 3.63) is 59.7 Å². The number of ether oxygens (including phenoxy) is 4. The van der Waals surface area contributed by atoms with Crippen molar-refractivity contribution in [3.63, 3.8) is 0 Å². The number of allylic oxidation sites excluding steroid dienone is 1. The van der Waals surface area contributed by atoms with Crippen LogP contribution in [0.4, 0.5) is 0 Å². The van der Waals surface area contributed by atoms with Crippen molar-refractivity contribution >= 4 is 0 Å². The van der Waals surface area contributed by atoms with Crippen LogP contribution in [0.15, 0.2) is 48.6 Å². The first-order valence-corrected chi connectivity index (χ1v) is 8.04. The second kappa shape index (κ2) is 7.30. The van der Waals surface area contributed by atoms with Crippen molar-refractivity contribution in [2.24, 2.45) is 0 Å².